The lowest BCUT2D eigenvalue weighted by Gasteiger charge is -2.18. The third kappa shape index (κ3) is 3.21. The molecule has 1 atom stereocenters. The number of nitriles is 1. The number of rotatable bonds is 4. The first kappa shape index (κ1) is 18.1. The van der Waals surface area contributed by atoms with Gasteiger partial charge in [0.15, 0.2) is 0 Å². The number of hydrogen-bond acceptors (Lipinski definition) is 4. The number of aromatic nitrogens is 2. The molecule has 30 heavy (non-hydrogen) atoms. The molecule has 0 saturated heterocycles. The van der Waals surface area contributed by atoms with Crippen LogP contribution in [-0.2, 0) is 6.42 Å². The fourth-order valence-electron chi connectivity index (χ4n) is 3.93. The average molecular weight is 388 g/mol. The zero-order valence-electron chi connectivity index (χ0n) is 16.6. The zero-order chi connectivity index (χ0) is 20.5. The number of hydrogen-bond donors (Lipinski definition) is 1. The Morgan fingerprint density at radius 1 is 1.00 bits per heavy atom. The molecule has 0 spiro atoms. The average Bonchev–Trinajstić information content (AvgIpc) is 3.27. The Balaban J connectivity index is 1.61. The van der Waals surface area contributed by atoms with Crippen molar-refractivity contribution in [3.63, 3.8) is 0 Å². The molecule has 0 fully saturated rings. The number of nitrogens with one attached hydrogen (secondary N) is 1. The number of benzene rings is 2. The number of pyridine rings is 2. The standard InChI is InChI=1S/C26H20N4/c1-17(18-6-3-2-4-7-18)30-26-22(14-27)16-29-25-11-10-19(13-23(25)26)21-12-20-8-5-9-24(20)28-15-21/h2-8,10-13,15-17H,9H2,1H3,(H,29,30). The van der Waals surface area contributed by atoms with Gasteiger partial charge < -0.3 is 5.32 Å². The van der Waals surface area contributed by atoms with Gasteiger partial charge in [0.1, 0.15) is 6.07 Å². The van der Waals surface area contributed by atoms with E-state index in [1.54, 1.807) is 6.20 Å². The summed E-state index contributed by atoms with van der Waals surface area (Å²) in [6.07, 6.45) is 8.72. The van der Waals surface area contributed by atoms with Crippen LogP contribution >= 0.6 is 0 Å². The molecule has 1 N–H and O–H groups in total. The van der Waals surface area contributed by atoms with E-state index in [9.17, 15) is 5.26 Å². The Kier molecular flexibility index (Phi) is 4.49. The molecule has 1 aliphatic carbocycles. The molecule has 2 heterocycles. The summed E-state index contributed by atoms with van der Waals surface area (Å²) in [6, 6.07) is 20.9. The van der Waals surface area contributed by atoms with Crippen molar-refractivity contribution in [3.05, 3.63) is 95.5 Å². The first-order valence-corrected chi connectivity index (χ1v) is 10.0. The van der Waals surface area contributed by atoms with Crippen molar-refractivity contribution in [1.82, 2.24) is 9.97 Å². The molecule has 0 bridgehead atoms. The summed E-state index contributed by atoms with van der Waals surface area (Å²) in [5, 5.41) is 14.2. The monoisotopic (exact) mass is 388 g/mol. The largest absolute Gasteiger partial charge is 0.377 e. The second kappa shape index (κ2) is 7.46. The van der Waals surface area contributed by atoms with Crippen LogP contribution in [0.25, 0.3) is 28.1 Å². The fourth-order valence-corrected chi connectivity index (χ4v) is 3.93. The highest BCUT2D eigenvalue weighted by molar-refractivity contribution is 5.97. The second-order valence-electron chi connectivity index (χ2n) is 7.53. The van der Waals surface area contributed by atoms with Crippen molar-refractivity contribution in [2.75, 3.05) is 5.32 Å². The molecule has 2 aromatic heterocycles. The summed E-state index contributed by atoms with van der Waals surface area (Å²) in [6.45, 7) is 2.10. The Hall–Kier alpha value is -3.97. The lowest BCUT2D eigenvalue weighted by molar-refractivity contribution is 0.885. The van der Waals surface area contributed by atoms with Gasteiger partial charge >= 0.3 is 0 Å². The molecule has 0 aliphatic heterocycles. The van der Waals surface area contributed by atoms with Crippen LogP contribution in [0.3, 0.4) is 0 Å². The van der Waals surface area contributed by atoms with Crippen LogP contribution in [0.4, 0.5) is 5.69 Å². The maximum Gasteiger partial charge on any atom is 0.103 e. The molecule has 1 unspecified atom stereocenters. The van der Waals surface area contributed by atoms with Gasteiger partial charge in [-0.25, -0.2) is 0 Å². The Morgan fingerprint density at radius 3 is 2.70 bits per heavy atom. The maximum absolute atomic E-state index is 9.71. The van der Waals surface area contributed by atoms with Gasteiger partial charge in [-0.2, -0.15) is 5.26 Å². The number of nitrogens with zero attached hydrogens (tertiary/aromatic N) is 3. The minimum Gasteiger partial charge on any atom is -0.377 e. The molecule has 0 saturated carbocycles. The number of allylic oxidation sites excluding steroid dienone is 1. The van der Waals surface area contributed by atoms with Gasteiger partial charge in [0.25, 0.3) is 0 Å². The topological polar surface area (TPSA) is 61.6 Å². The van der Waals surface area contributed by atoms with Crippen molar-refractivity contribution in [2.45, 2.75) is 19.4 Å². The molecule has 5 rings (SSSR count). The molecule has 4 nitrogen and oxygen atoms in total. The number of fused-ring (bicyclic) bond motifs is 2. The molecule has 144 valence electrons. The molecule has 4 aromatic rings. The van der Waals surface area contributed by atoms with Crippen LogP contribution in [0.5, 0.6) is 0 Å². The van der Waals surface area contributed by atoms with E-state index < -0.39 is 0 Å². The van der Waals surface area contributed by atoms with Gasteiger partial charge in [0.2, 0.25) is 0 Å². The minimum absolute atomic E-state index is 0.0550. The predicted octanol–water partition coefficient (Wildman–Crippen LogP) is 5.91. The van der Waals surface area contributed by atoms with E-state index in [1.165, 1.54) is 5.56 Å². The maximum atomic E-state index is 9.71. The van der Waals surface area contributed by atoms with Gasteiger partial charge in [-0.1, -0.05) is 48.6 Å². The van der Waals surface area contributed by atoms with Crippen molar-refractivity contribution in [2.24, 2.45) is 0 Å². The molecule has 0 radical (unpaired) electrons. The smallest absolute Gasteiger partial charge is 0.103 e. The predicted molar refractivity (Wildman–Crippen MR) is 121 cm³/mol. The van der Waals surface area contributed by atoms with Gasteiger partial charge in [-0.05, 0) is 41.8 Å². The van der Waals surface area contributed by atoms with Crippen LogP contribution in [0.15, 0.2) is 73.1 Å². The first-order chi connectivity index (χ1) is 14.7. The third-order valence-corrected chi connectivity index (χ3v) is 5.59. The summed E-state index contributed by atoms with van der Waals surface area (Å²) in [5.74, 6) is 0. The molecule has 1 aliphatic rings. The van der Waals surface area contributed by atoms with Gasteiger partial charge in [0, 0.05) is 35.8 Å². The van der Waals surface area contributed by atoms with Crippen molar-refractivity contribution in [1.29, 1.82) is 5.26 Å². The van der Waals surface area contributed by atoms with Crippen molar-refractivity contribution in [3.8, 4) is 17.2 Å². The Morgan fingerprint density at radius 2 is 1.87 bits per heavy atom. The molecular formula is C26H20N4. The Labute approximate surface area is 175 Å². The zero-order valence-corrected chi connectivity index (χ0v) is 16.6. The highest BCUT2D eigenvalue weighted by atomic mass is 14.9. The van der Waals surface area contributed by atoms with Gasteiger partial charge in [-0.3, -0.25) is 9.97 Å². The minimum atomic E-state index is 0.0550. The Bertz CT molecular complexity index is 1320. The fraction of sp³-hybridized carbons (Fsp3) is 0.115. The van der Waals surface area contributed by atoms with Gasteiger partial charge in [-0.15, -0.1) is 0 Å². The van der Waals surface area contributed by atoms with Crippen LogP contribution in [0, 0.1) is 11.3 Å². The highest BCUT2D eigenvalue weighted by Gasteiger charge is 2.15. The summed E-state index contributed by atoms with van der Waals surface area (Å²) < 4.78 is 0. The van der Waals surface area contributed by atoms with Crippen LogP contribution in [-0.4, -0.2) is 9.97 Å². The van der Waals surface area contributed by atoms with Crippen molar-refractivity contribution < 1.29 is 0 Å². The lowest BCUT2D eigenvalue weighted by Crippen LogP contribution is -2.08. The van der Waals surface area contributed by atoms with E-state index in [-0.39, 0.29) is 6.04 Å². The summed E-state index contributed by atoms with van der Waals surface area (Å²) >= 11 is 0. The number of anilines is 1. The first-order valence-electron chi connectivity index (χ1n) is 10.0. The van der Waals surface area contributed by atoms with Crippen molar-refractivity contribution >= 4 is 22.7 Å². The summed E-state index contributed by atoms with van der Waals surface area (Å²) in [7, 11) is 0. The summed E-state index contributed by atoms with van der Waals surface area (Å²) in [5.41, 5.74) is 7.79. The molecule has 0 amide bonds. The van der Waals surface area contributed by atoms with E-state index in [0.29, 0.717) is 5.56 Å². The molecule has 4 heteroatoms. The van der Waals surface area contributed by atoms with Gasteiger partial charge in [0.05, 0.1) is 22.5 Å². The summed E-state index contributed by atoms with van der Waals surface area (Å²) in [4.78, 5) is 9.11. The van der Waals surface area contributed by atoms with Crippen LogP contribution < -0.4 is 5.32 Å². The van der Waals surface area contributed by atoms with E-state index in [1.807, 2.05) is 30.5 Å². The van der Waals surface area contributed by atoms with E-state index in [0.717, 1.165) is 45.4 Å². The molecule has 2 aromatic carbocycles. The second-order valence-corrected chi connectivity index (χ2v) is 7.53. The van der Waals surface area contributed by atoms with E-state index in [4.69, 9.17) is 0 Å². The quantitative estimate of drug-likeness (QED) is 0.472. The lowest BCUT2D eigenvalue weighted by atomic mass is 10.0. The van der Waals surface area contributed by atoms with E-state index in [2.05, 4.69) is 70.8 Å². The SMILES string of the molecule is CC(Nc1c(C#N)cnc2ccc(-c3cnc4c(c3)C=CC4)cc12)c1ccccc1. The normalized spacial score (nSPS) is 13.1. The highest BCUT2D eigenvalue weighted by Crippen LogP contribution is 2.33. The van der Waals surface area contributed by atoms with E-state index >= 15 is 0 Å². The van der Waals surface area contributed by atoms with Crippen LogP contribution in [0.2, 0.25) is 0 Å². The third-order valence-electron chi connectivity index (χ3n) is 5.59. The van der Waals surface area contributed by atoms with Crippen LogP contribution in [0.1, 0.15) is 35.3 Å². The molecular weight excluding hydrogens is 368 g/mol.